The number of hydrogen-bond acceptors (Lipinski definition) is 5. The predicted octanol–water partition coefficient (Wildman–Crippen LogP) is 3.37. The van der Waals surface area contributed by atoms with E-state index in [-0.39, 0.29) is 47.8 Å². The van der Waals surface area contributed by atoms with Gasteiger partial charge in [-0.25, -0.2) is 13.8 Å². The summed E-state index contributed by atoms with van der Waals surface area (Å²) in [5.41, 5.74) is -0.495. The van der Waals surface area contributed by atoms with Crippen LogP contribution in [0.4, 0.5) is 8.78 Å². The average molecular weight is 547 g/mol. The van der Waals surface area contributed by atoms with E-state index in [4.69, 9.17) is 0 Å². The number of likely N-dealkylation sites (tertiary alicyclic amines) is 1. The molecule has 3 amide bonds. The number of nitriles is 1. The number of likely N-dealkylation sites (N-methyl/N-ethyl adjacent to an activating group) is 1. The third-order valence-electron chi connectivity index (χ3n) is 7.45. The summed E-state index contributed by atoms with van der Waals surface area (Å²) in [5, 5.41) is 12.8. The van der Waals surface area contributed by atoms with Crippen LogP contribution in [0.5, 0.6) is 0 Å². The number of nitrogens with one attached hydrogen (secondary N) is 2. The first-order chi connectivity index (χ1) is 19.0. The quantitative estimate of drug-likeness (QED) is 0.492. The maximum Gasteiger partial charge on any atom is 0.270 e. The van der Waals surface area contributed by atoms with Crippen LogP contribution >= 0.6 is 0 Å². The summed E-state index contributed by atoms with van der Waals surface area (Å²) in [6.07, 6.45) is 0.299. The van der Waals surface area contributed by atoms with Gasteiger partial charge in [0.15, 0.2) is 5.54 Å². The number of carbonyl (C=O) groups is 3. The van der Waals surface area contributed by atoms with Crippen molar-refractivity contribution < 1.29 is 23.2 Å². The molecule has 1 unspecified atom stereocenters. The SMILES string of the molecule is CC(C)CC(C(=O)N1C[C@@]2(C[C@H]1C#N)N=C(c1ccccc1)NC2=O)N(C)C(=O)c1cc2c(F)cc(F)cc2[nH]1. The monoisotopic (exact) mass is 546 g/mol. The second kappa shape index (κ2) is 10.2. The molecule has 0 saturated carbocycles. The van der Waals surface area contributed by atoms with Crippen molar-refractivity contribution >= 4 is 34.5 Å². The van der Waals surface area contributed by atoms with Crippen molar-refractivity contribution in [2.24, 2.45) is 10.9 Å². The van der Waals surface area contributed by atoms with E-state index >= 15 is 0 Å². The number of nitrogens with zero attached hydrogens (tertiary/aromatic N) is 4. The van der Waals surface area contributed by atoms with E-state index in [0.717, 1.165) is 12.1 Å². The molecule has 2 N–H and O–H groups in total. The molecule has 0 bridgehead atoms. The smallest absolute Gasteiger partial charge is 0.270 e. The molecule has 5 rings (SSSR count). The largest absolute Gasteiger partial charge is 0.350 e. The van der Waals surface area contributed by atoms with E-state index in [1.807, 2.05) is 32.0 Å². The fourth-order valence-corrected chi connectivity index (χ4v) is 5.40. The van der Waals surface area contributed by atoms with Gasteiger partial charge in [0.2, 0.25) is 5.91 Å². The number of aromatic nitrogens is 1. The van der Waals surface area contributed by atoms with Gasteiger partial charge in [0.1, 0.15) is 35.2 Å². The van der Waals surface area contributed by atoms with Crippen molar-refractivity contribution in [2.75, 3.05) is 13.6 Å². The molecule has 0 radical (unpaired) electrons. The fraction of sp³-hybridized carbons (Fsp3) is 0.345. The highest BCUT2D eigenvalue weighted by molar-refractivity contribution is 6.15. The maximum absolute atomic E-state index is 14.3. The van der Waals surface area contributed by atoms with E-state index in [1.165, 1.54) is 22.9 Å². The number of rotatable bonds is 6. The van der Waals surface area contributed by atoms with Gasteiger partial charge in [-0.2, -0.15) is 5.26 Å². The average Bonchev–Trinajstić information content (AvgIpc) is 3.62. The Morgan fingerprint density at radius 1 is 1.23 bits per heavy atom. The van der Waals surface area contributed by atoms with Crippen LogP contribution in [-0.2, 0) is 9.59 Å². The number of carbonyl (C=O) groups excluding carboxylic acids is 3. The van der Waals surface area contributed by atoms with Crippen LogP contribution in [-0.4, -0.2) is 69.6 Å². The molecule has 1 saturated heterocycles. The molecule has 206 valence electrons. The van der Waals surface area contributed by atoms with E-state index in [2.05, 4.69) is 21.4 Å². The maximum atomic E-state index is 14.3. The third kappa shape index (κ3) is 4.70. The molecule has 2 aliphatic heterocycles. The number of aliphatic imine (C=N–C) groups is 1. The van der Waals surface area contributed by atoms with Gasteiger partial charge in [-0.15, -0.1) is 0 Å². The van der Waals surface area contributed by atoms with Gasteiger partial charge in [-0.3, -0.25) is 14.4 Å². The molecule has 3 atom stereocenters. The van der Waals surface area contributed by atoms with Crippen molar-refractivity contribution in [3.05, 3.63) is 71.4 Å². The number of amidine groups is 1. The molecule has 1 spiro atoms. The summed E-state index contributed by atoms with van der Waals surface area (Å²) in [6, 6.07) is 12.4. The molecule has 3 heterocycles. The lowest BCUT2D eigenvalue weighted by atomic mass is 9.97. The molecule has 40 heavy (non-hydrogen) atoms. The van der Waals surface area contributed by atoms with Crippen LogP contribution in [0, 0.1) is 28.9 Å². The van der Waals surface area contributed by atoms with Crippen LogP contribution < -0.4 is 5.32 Å². The predicted molar refractivity (Wildman–Crippen MR) is 143 cm³/mol. The normalized spacial score (nSPS) is 21.0. The Balaban J connectivity index is 1.44. The summed E-state index contributed by atoms with van der Waals surface area (Å²) in [4.78, 5) is 50.5. The van der Waals surface area contributed by atoms with Gasteiger partial charge < -0.3 is 20.1 Å². The highest BCUT2D eigenvalue weighted by atomic mass is 19.1. The highest BCUT2D eigenvalue weighted by Gasteiger charge is 2.55. The molecule has 1 aromatic heterocycles. The third-order valence-corrected chi connectivity index (χ3v) is 7.45. The number of halogens is 2. The number of aromatic amines is 1. The van der Waals surface area contributed by atoms with Crippen molar-refractivity contribution in [1.29, 1.82) is 5.26 Å². The van der Waals surface area contributed by atoms with Crippen molar-refractivity contribution in [1.82, 2.24) is 20.1 Å². The Morgan fingerprint density at radius 3 is 2.62 bits per heavy atom. The lowest BCUT2D eigenvalue weighted by Gasteiger charge is -2.33. The molecule has 11 heteroatoms. The van der Waals surface area contributed by atoms with Gasteiger partial charge in [0.25, 0.3) is 11.8 Å². The van der Waals surface area contributed by atoms with E-state index in [0.29, 0.717) is 11.4 Å². The summed E-state index contributed by atoms with van der Waals surface area (Å²) in [7, 11) is 1.46. The second-order valence-electron chi connectivity index (χ2n) is 10.7. The van der Waals surface area contributed by atoms with E-state index < -0.39 is 41.1 Å². The minimum atomic E-state index is -1.31. The number of H-pyrrole nitrogens is 1. The Kier molecular flexibility index (Phi) is 6.87. The topological polar surface area (TPSA) is 122 Å². The number of hydrogen-bond donors (Lipinski definition) is 2. The van der Waals surface area contributed by atoms with Crippen molar-refractivity contribution in [3.8, 4) is 6.07 Å². The zero-order valence-electron chi connectivity index (χ0n) is 22.2. The number of fused-ring (bicyclic) bond motifs is 1. The first-order valence-corrected chi connectivity index (χ1v) is 12.9. The van der Waals surface area contributed by atoms with Crippen LogP contribution in [0.1, 0.15) is 42.7 Å². The summed E-state index contributed by atoms with van der Waals surface area (Å²) < 4.78 is 28.0. The first kappa shape index (κ1) is 27.0. The van der Waals surface area contributed by atoms with Crippen LogP contribution in [0.3, 0.4) is 0 Å². The zero-order valence-corrected chi connectivity index (χ0v) is 22.2. The summed E-state index contributed by atoms with van der Waals surface area (Å²) in [5.74, 6) is -2.70. The molecule has 3 aromatic rings. The van der Waals surface area contributed by atoms with Gasteiger partial charge in [0.05, 0.1) is 18.1 Å². The molecule has 0 aliphatic carbocycles. The molecule has 2 aliphatic rings. The Morgan fingerprint density at radius 2 is 1.95 bits per heavy atom. The Labute approximate surface area is 229 Å². The molecule has 2 aromatic carbocycles. The van der Waals surface area contributed by atoms with Crippen LogP contribution in [0.25, 0.3) is 10.9 Å². The number of amides is 3. The molecule has 1 fully saturated rings. The van der Waals surface area contributed by atoms with Crippen LogP contribution in [0.15, 0.2) is 53.5 Å². The highest BCUT2D eigenvalue weighted by Crippen LogP contribution is 2.35. The standard InChI is InChI=1S/C29H28F2N6O3/c1-16(2)9-24(36(3)26(38)23-12-20-21(31)10-18(30)11-22(20)33-23)27(39)37-15-29(13-19(37)14-32)28(40)34-25(35-29)17-7-5-4-6-8-17/h4-8,10-12,16,19,24,33H,9,13,15H2,1-3H3,(H,34,35,40)/t19-,24?,29+/m0/s1. The minimum absolute atomic E-state index is 0.00645. The van der Waals surface area contributed by atoms with Gasteiger partial charge in [-0.1, -0.05) is 44.2 Å². The minimum Gasteiger partial charge on any atom is -0.350 e. The second-order valence-corrected chi connectivity index (χ2v) is 10.7. The molecular formula is C29H28F2N6O3. The lowest BCUT2D eigenvalue weighted by molar-refractivity contribution is -0.136. The zero-order chi connectivity index (χ0) is 28.8. The van der Waals surface area contributed by atoms with Gasteiger partial charge in [0, 0.05) is 30.5 Å². The Bertz CT molecular complexity index is 1580. The van der Waals surface area contributed by atoms with Crippen LogP contribution in [0.2, 0.25) is 0 Å². The van der Waals surface area contributed by atoms with Crippen molar-refractivity contribution in [3.63, 3.8) is 0 Å². The molecule has 9 nitrogen and oxygen atoms in total. The lowest BCUT2D eigenvalue weighted by Crippen LogP contribution is -2.52. The summed E-state index contributed by atoms with van der Waals surface area (Å²) >= 11 is 0. The first-order valence-electron chi connectivity index (χ1n) is 12.9. The van der Waals surface area contributed by atoms with Gasteiger partial charge in [-0.05, 0) is 24.5 Å². The number of benzene rings is 2. The van der Waals surface area contributed by atoms with E-state index in [1.54, 1.807) is 12.1 Å². The van der Waals surface area contributed by atoms with Gasteiger partial charge >= 0.3 is 0 Å². The van der Waals surface area contributed by atoms with Crippen molar-refractivity contribution in [2.45, 2.75) is 44.3 Å². The Hall–Kier alpha value is -4.59. The fourth-order valence-electron chi connectivity index (χ4n) is 5.40. The molecular weight excluding hydrogens is 518 g/mol. The summed E-state index contributed by atoms with van der Waals surface area (Å²) in [6.45, 7) is 3.68. The van der Waals surface area contributed by atoms with E-state index in [9.17, 15) is 28.4 Å².